The van der Waals surface area contributed by atoms with Crippen molar-refractivity contribution in [2.24, 2.45) is 0 Å². The second-order valence-electron chi connectivity index (χ2n) is 7.26. The molecule has 0 aliphatic rings. The number of nitrogens with zero attached hydrogens (tertiary/aromatic N) is 3. The molecule has 0 bridgehead atoms. The fourth-order valence-corrected chi connectivity index (χ4v) is 4.08. The number of hydrogen-bond acceptors (Lipinski definition) is 5. The van der Waals surface area contributed by atoms with Crippen molar-refractivity contribution in [2.75, 3.05) is 11.1 Å². The molecule has 2 amide bonds. The van der Waals surface area contributed by atoms with Gasteiger partial charge in [-0.1, -0.05) is 58.7 Å². The monoisotopic (exact) mass is 503 g/mol. The van der Waals surface area contributed by atoms with Crippen LogP contribution in [-0.4, -0.2) is 32.3 Å². The summed E-state index contributed by atoms with van der Waals surface area (Å²) in [5.74, 6) is 0.181. The van der Waals surface area contributed by atoms with Crippen molar-refractivity contribution >= 4 is 52.5 Å². The molecule has 33 heavy (non-hydrogen) atoms. The van der Waals surface area contributed by atoms with Crippen molar-refractivity contribution in [1.82, 2.24) is 20.1 Å². The molecule has 1 heterocycles. The summed E-state index contributed by atoms with van der Waals surface area (Å²) in [6, 6.07) is 11.8. The highest BCUT2D eigenvalue weighted by molar-refractivity contribution is 7.99. The Morgan fingerprint density at radius 1 is 1.18 bits per heavy atom. The van der Waals surface area contributed by atoms with E-state index >= 15 is 0 Å². The van der Waals surface area contributed by atoms with E-state index in [0.717, 1.165) is 5.56 Å². The lowest BCUT2D eigenvalue weighted by Gasteiger charge is -2.15. The number of aryl methyl sites for hydroxylation is 1. The van der Waals surface area contributed by atoms with Gasteiger partial charge in [0.25, 0.3) is 5.91 Å². The Kier molecular flexibility index (Phi) is 8.55. The van der Waals surface area contributed by atoms with Gasteiger partial charge in [0.1, 0.15) is 0 Å². The highest BCUT2D eigenvalue weighted by Crippen LogP contribution is 2.26. The summed E-state index contributed by atoms with van der Waals surface area (Å²) in [5.41, 5.74) is 2.08. The largest absolute Gasteiger partial charge is 0.342 e. The zero-order valence-corrected chi connectivity index (χ0v) is 20.5. The molecule has 1 aromatic heterocycles. The fourth-order valence-electron chi connectivity index (χ4n) is 2.99. The second-order valence-corrected chi connectivity index (χ2v) is 9.05. The van der Waals surface area contributed by atoms with Gasteiger partial charge < -0.3 is 15.2 Å². The maximum Gasteiger partial charge on any atom is 0.251 e. The van der Waals surface area contributed by atoms with E-state index in [1.54, 1.807) is 36.4 Å². The summed E-state index contributed by atoms with van der Waals surface area (Å²) in [6.45, 7) is 8.01. The third kappa shape index (κ3) is 6.60. The summed E-state index contributed by atoms with van der Waals surface area (Å²) in [7, 11) is 0. The number of benzene rings is 2. The number of nitrogens with one attached hydrogen (secondary N) is 2. The van der Waals surface area contributed by atoms with Crippen molar-refractivity contribution in [3.63, 3.8) is 0 Å². The van der Waals surface area contributed by atoms with Crippen LogP contribution in [0.1, 0.15) is 34.7 Å². The lowest BCUT2D eigenvalue weighted by molar-refractivity contribution is -0.113. The lowest BCUT2D eigenvalue weighted by Crippen LogP contribution is -2.28. The van der Waals surface area contributed by atoms with Crippen LogP contribution in [0.2, 0.25) is 10.0 Å². The minimum absolute atomic E-state index is 0.0855. The Morgan fingerprint density at radius 2 is 1.91 bits per heavy atom. The van der Waals surface area contributed by atoms with Gasteiger partial charge in [-0.3, -0.25) is 9.59 Å². The number of amides is 2. The molecule has 3 aromatic rings. The smallest absolute Gasteiger partial charge is 0.251 e. The highest BCUT2D eigenvalue weighted by Gasteiger charge is 2.20. The van der Waals surface area contributed by atoms with E-state index in [9.17, 15) is 9.59 Å². The normalized spacial score (nSPS) is 11.6. The zero-order chi connectivity index (χ0) is 24.0. The Morgan fingerprint density at radius 3 is 2.61 bits per heavy atom. The average Bonchev–Trinajstić information content (AvgIpc) is 3.18. The molecule has 7 nitrogen and oxygen atoms in total. The maximum atomic E-state index is 12.6. The average molecular weight is 504 g/mol. The number of hydrogen-bond donors (Lipinski definition) is 2. The first-order chi connectivity index (χ1) is 15.8. The number of allylic oxidation sites excluding steroid dienone is 1. The summed E-state index contributed by atoms with van der Waals surface area (Å²) in [6.07, 6.45) is 1.71. The molecular weight excluding hydrogens is 481 g/mol. The van der Waals surface area contributed by atoms with Gasteiger partial charge >= 0.3 is 0 Å². The van der Waals surface area contributed by atoms with E-state index in [1.807, 2.05) is 30.5 Å². The summed E-state index contributed by atoms with van der Waals surface area (Å²) in [5, 5.41) is 15.5. The molecule has 0 spiro atoms. The lowest BCUT2D eigenvalue weighted by atomic mass is 10.1. The number of aromatic nitrogens is 3. The molecule has 0 aliphatic heterocycles. The number of thioether (sulfide) groups is 1. The zero-order valence-electron chi connectivity index (χ0n) is 18.1. The van der Waals surface area contributed by atoms with Crippen LogP contribution in [0.5, 0.6) is 0 Å². The fraction of sp³-hybridized carbons (Fsp3) is 0.217. The molecule has 172 valence electrons. The second kappa shape index (κ2) is 11.4. The van der Waals surface area contributed by atoms with E-state index in [1.165, 1.54) is 11.8 Å². The number of carbonyl (C=O) groups is 2. The van der Waals surface area contributed by atoms with Crippen LogP contribution >= 0.6 is 35.0 Å². The van der Waals surface area contributed by atoms with Crippen LogP contribution in [0.25, 0.3) is 0 Å². The molecule has 0 saturated heterocycles. The minimum atomic E-state index is -0.403. The van der Waals surface area contributed by atoms with E-state index < -0.39 is 6.04 Å². The molecule has 0 unspecified atom stereocenters. The third-order valence-corrected chi connectivity index (χ3v) is 6.17. The topological polar surface area (TPSA) is 88.9 Å². The van der Waals surface area contributed by atoms with Crippen molar-refractivity contribution in [3.05, 3.63) is 82.1 Å². The van der Waals surface area contributed by atoms with Crippen LogP contribution < -0.4 is 10.6 Å². The van der Waals surface area contributed by atoms with Gasteiger partial charge in [0.2, 0.25) is 5.91 Å². The van der Waals surface area contributed by atoms with Crippen molar-refractivity contribution in [2.45, 2.75) is 31.6 Å². The first-order valence-corrected chi connectivity index (χ1v) is 11.8. The Bertz CT molecular complexity index is 1160. The number of halogens is 2. The molecule has 3 rings (SSSR count). The Labute approximate surface area is 206 Å². The summed E-state index contributed by atoms with van der Waals surface area (Å²) < 4.78 is 1.82. The van der Waals surface area contributed by atoms with E-state index in [0.29, 0.717) is 38.8 Å². The predicted octanol–water partition coefficient (Wildman–Crippen LogP) is 5.30. The Balaban J connectivity index is 1.67. The van der Waals surface area contributed by atoms with E-state index in [2.05, 4.69) is 27.4 Å². The van der Waals surface area contributed by atoms with Gasteiger partial charge in [-0.2, -0.15) is 0 Å². The van der Waals surface area contributed by atoms with Crippen molar-refractivity contribution in [3.8, 4) is 0 Å². The molecule has 1 atom stereocenters. The van der Waals surface area contributed by atoms with Gasteiger partial charge in [0.15, 0.2) is 11.0 Å². The van der Waals surface area contributed by atoms with Gasteiger partial charge in [-0.05, 0) is 44.2 Å². The van der Waals surface area contributed by atoms with Crippen molar-refractivity contribution in [1.29, 1.82) is 0 Å². The summed E-state index contributed by atoms with van der Waals surface area (Å²) in [4.78, 5) is 25.0. The molecule has 2 N–H and O–H groups in total. The molecule has 0 aliphatic carbocycles. The van der Waals surface area contributed by atoms with Crippen LogP contribution in [0.3, 0.4) is 0 Å². The third-order valence-electron chi connectivity index (χ3n) is 4.64. The predicted molar refractivity (Wildman–Crippen MR) is 133 cm³/mol. The number of rotatable bonds is 9. The minimum Gasteiger partial charge on any atom is -0.342 e. The van der Waals surface area contributed by atoms with Gasteiger partial charge in [-0.15, -0.1) is 16.8 Å². The maximum absolute atomic E-state index is 12.6. The van der Waals surface area contributed by atoms with Gasteiger partial charge in [-0.25, -0.2) is 0 Å². The number of carbonyl (C=O) groups excluding carboxylic acids is 2. The Hall–Kier alpha value is -2.81. The first kappa shape index (κ1) is 24.8. The molecule has 0 radical (unpaired) electrons. The van der Waals surface area contributed by atoms with Crippen LogP contribution in [-0.2, 0) is 11.3 Å². The highest BCUT2D eigenvalue weighted by atomic mass is 35.5. The first-order valence-electron chi connectivity index (χ1n) is 10.1. The van der Waals surface area contributed by atoms with Gasteiger partial charge in [0.05, 0.1) is 22.5 Å². The van der Waals surface area contributed by atoms with Crippen LogP contribution in [0.15, 0.2) is 60.3 Å². The molecule has 0 fully saturated rings. The molecule has 10 heteroatoms. The standard InChI is InChI=1S/C23H23Cl2N5O2S/c1-4-11-30-21(15(3)26-22(32)16-7-5-14(2)6-8-16)28-29-23(30)33-13-20(31)27-19-12-17(24)9-10-18(19)25/h4-10,12,15H,1,11,13H2,2-3H3,(H,26,32)(H,27,31)/t15-/m0/s1. The van der Waals surface area contributed by atoms with E-state index in [-0.39, 0.29) is 17.6 Å². The molecule has 0 saturated carbocycles. The van der Waals surface area contributed by atoms with Crippen LogP contribution in [0, 0.1) is 6.92 Å². The summed E-state index contributed by atoms with van der Waals surface area (Å²) >= 11 is 13.3. The quantitative estimate of drug-likeness (QED) is 0.305. The molecule has 2 aromatic carbocycles. The van der Waals surface area contributed by atoms with E-state index in [4.69, 9.17) is 23.2 Å². The van der Waals surface area contributed by atoms with Crippen LogP contribution in [0.4, 0.5) is 5.69 Å². The SMILES string of the molecule is C=CCn1c(SCC(=O)Nc2cc(Cl)ccc2Cl)nnc1[C@H](C)NC(=O)c1ccc(C)cc1. The van der Waals surface area contributed by atoms with Crippen molar-refractivity contribution < 1.29 is 9.59 Å². The molecular formula is C23H23Cl2N5O2S. The van der Waals surface area contributed by atoms with Gasteiger partial charge in [0, 0.05) is 17.1 Å². The number of anilines is 1.